The number of carbonyl (C=O) groups is 2. The van der Waals surface area contributed by atoms with Crippen molar-refractivity contribution < 1.29 is 9.59 Å². The summed E-state index contributed by atoms with van der Waals surface area (Å²) in [7, 11) is 0. The molecule has 2 N–H and O–H groups in total. The summed E-state index contributed by atoms with van der Waals surface area (Å²) in [5, 5.41) is 5.42. The first kappa shape index (κ1) is 23.7. The minimum Gasteiger partial charge on any atom is -0.361 e. The van der Waals surface area contributed by atoms with E-state index in [0.29, 0.717) is 42.5 Å². The van der Waals surface area contributed by atoms with Gasteiger partial charge in [0.25, 0.3) is 0 Å². The Labute approximate surface area is 204 Å². The number of amides is 2. The van der Waals surface area contributed by atoms with Crippen molar-refractivity contribution in [1.29, 1.82) is 0 Å². The summed E-state index contributed by atoms with van der Waals surface area (Å²) in [6, 6.07) is 13.6. The van der Waals surface area contributed by atoms with E-state index in [4.69, 9.17) is 23.2 Å². The van der Waals surface area contributed by atoms with Crippen LogP contribution in [0.5, 0.6) is 0 Å². The number of rotatable bonds is 6. The number of halogens is 2. The smallest absolute Gasteiger partial charge is 0.225 e. The Bertz CT molecular complexity index is 1150. The van der Waals surface area contributed by atoms with Crippen LogP contribution in [0.25, 0.3) is 10.9 Å². The molecule has 1 aromatic heterocycles. The second-order valence-corrected chi connectivity index (χ2v) is 9.85. The molecule has 3 aromatic rings. The van der Waals surface area contributed by atoms with E-state index < -0.39 is 0 Å². The molecule has 1 saturated heterocycles. The van der Waals surface area contributed by atoms with Crippen molar-refractivity contribution in [2.75, 3.05) is 19.6 Å². The molecule has 33 heavy (non-hydrogen) atoms. The molecule has 2 amide bonds. The van der Waals surface area contributed by atoms with Crippen LogP contribution in [-0.4, -0.2) is 41.3 Å². The summed E-state index contributed by atoms with van der Waals surface area (Å²) in [5.41, 5.74) is 3.03. The molecule has 1 atom stereocenters. The van der Waals surface area contributed by atoms with Crippen molar-refractivity contribution in [2.45, 2.75) is 32.6 Å². The van der Waals surface area contributed by atoms with Crippen LogP contribution in [0.15, 0.2) is 48.7 Å². The molecule has 174 valence electrons. The number of carbonyl (C=O) groups excluding carboxylic acids is 2. The molecule has 2 aromatic carbocycles. The molecule has 0 radical (unpaired) electrons. The number of aromatic nitrogens is 1. The second kappa shape index (κ2) is 10.2. The predicted molar refractivity (Wildman–Crippen MR) is 134 cm³/mol. The lowest BCUT2D eigenvalue weighted by molar-refractivity contribution is -0.138. The van der Waals surface area contributed by atoms with Gasteiger partial charge in [-0.15, -0.1) is 0 Å². The Balaban J connectivity index is 1.51. The highest BCUT2D eigenvalue weighted by Gasteiger charge is 2.29. The van der Waals surface area contributed by atoms with Gasteiger partial charge in [-0.25, -0.2) is 0 Å². The Morgan fingerprint density at radius 2 is 1.82 bits per heavy atom. The summed E-state index contributed by atoms with van der Waals surface area (Å²) >= 11 is 12.7. The lowest BCUT2D eigenvalue weighted by Crippen LogP contribution is -2.44. The lowest BCUT2D eigenvalue weighted by atomic mass is 9.90. The van der Waals surface area contributed by atoms with Gasteiger partial charge in [0, 0.05) is 64.5 Å². The third-order valence-electron chi connectivity index (χ3n) is 6.49. The van der Waals surface area contributed by atoms with E-state index in [-0.39, 0.29) is 29.6 Å². The van der Waals surface area contributed by atoms with Gasteiger partial charge in [0.05, 0.1) is 0 Å². The van der Waals surface area contributed by atoms with Gasteiger partial charge in [0.15, 0.2) is 0 Å². The zero-order valence-corrected chi connectivity index (χ0v) is 20.4. The number of benzene rings is 2. The standard InChI is InChI=1S/C26H29Cl2N3O2/c1-16(2)26(33)31-11-9-17(10-12-31)25(32)30-15-21(19-8-7-18(27)13-23(19)28)22-14-29-24-6-4-3-5-20(22)24/h3-8,13-14,16-17,21,29H,9-12,15H2,1-2H3,(H,30,32). The third-order valence-corrected chi connectivity index (χ3v) is 7.05. The van der Waals surface area contributed by atoms with E-state index in [1.54, 1.807) is 6.07 Å². The molecule has 1 unspecified atom stereocenters. The summed E-state index contributed by atoms with van der Waals surface area (Å²) < 4.78 is 0. The Morgan fingerprint density at radius 1 is 1.09 bits per heavy atom. The SMILES string of the molecule is CC(C)C(=O)N1CCC(C(=O)NCC(c2ccc(Cl)cc2Cl)c2c[nH]c3ccccc23)CC1. The molecule has 5 nitrogen and oxygen atoms in total. The van der Waals surface area contributed by atoms with Crippen LogP contribution in [0.4, 0.5) is 0 Å². The Hall–Kier alpha value is -2.50. The Kier molecular flexibility index (Phi) is 7.30. The highest BCUT2D eigenvalue weighted by Crippen LogP contribution is 2.35. The first-order valence-corrected chi connectivity index (χ1v) is 12.2. The molecular formula is C26H29Cl2N3O2. The highest BCUT2D eigenvalue weighted by atomic mass is 35.5. The summed E-state index contributed by atoms with van der Waals surface area (Å²) in [5.74, 6) is -0.0494. The predicted octanol–water partition coefficient (Wildman–Crippen LogP) is 5.62. The highest BCUT2D eigenvalue weighted by molar-refractivity contribution is 6.35. The molecule has 1 aliphatic rings. The number of piperidine rings is 1. The molecule has 0 bridgehead atoms. The molecule has 1 fully saturated rings. The minimum absolute atomic E-state index is 0.0172. The average Bonchev–Trinajstić information content (AvgIpc) is 3.24. The maximum absolute atomic E-state index is 13.0. The van der Waals surface area contributed by atoms with E-state index in [9.17, 15) is 9.59 Å². The van der Waals surface area contributed by atoms with Crippen molar-refractivity contribution in [3.8, 4) is 0 Å². The molecule has 4 rings (SSSR count). The monoisotopic (exact) mass is 485 g/mol. The van der Waals surface area contributed by atoms with E-state index in [0.717, 1.165) is 22.0 Å². The largest absolute Gasteiger partial charge is 0.361 e. The zero-order valence-electron chi connectivity index (χ0n) is 18.9. The van der Waals surface area contributed by atoms with Gasteiger partial charge in [-0.3, -0.25) is 9.59 Å². The summed E-state index contributed by atoms with van der Waals surface area (Å²) in [6.45, 7) is 5.50. The topological polar surface area (TPSA) is 65.2 Å². The lowest BCUT2D eigenvalue weighted by Gasteiger charge is -2.32. The minimum atomic E-state index is -0.127. The van der Waals surface area contributed by atoms with Crippen LogP contribution < -0.4 is 5.32 Å². The molecule has 0 aliphatic carbocycles. The molecule has 0 spiro atoms. The fraction of sp³-hybridized carbons (Fsp3) is 0.385. The zero-order chi connectivity index (χ0) is 23.5. The molecule has 2 heterocycles. The maximum Gasteiger partial charge on any atom is 0.225 e. The van der Waals surface area contributed by atoms with Gasteiger partial charge in [0.2, 0.25) is 11.8 Å². The number of aromatic amines is 1. The van der Waals surface area contributed by atoms with E-state index in [1.165, 1.54) is 0 Å². The fourth-order valence-corrected chi connectivity index (χ4v) is 5.17. The van der Waals surface area contributed by atoms with E-state index in [2.05, 4.69) is 16.4 Å². The van der Waals surface area contributed by atoms with Crippen LogP contribution in [0.1, 0.15) is 43.7 Å². The van der Waals surface area contributed by atoms with Gasteiger partial charge in [-0.1, -0.05) is 61.3 Å². The van der Waals surface area contributed by atoms with Gasteiger partial charge in [-0.05, 0) is 42.2 Å². The van der Waals surface area contributed by atoms with Gasteiger partial charge in [0.1, 0.15) is 0 Å². The summed E-state index contributed by atoms with van der Waals surface area (Å²) in [4.78, 5) is 30.5. The molecular weight excluding hydrogens is 457 g/mol. The number of nitrogens with one attached hydrogen (secondary N) is 2. The maximum atomic E-state index is 13.0. The number of hydrogen-bond donors (Lipinski definition) is 2. The molecule has 1 aliphatic heterocycles. The Morgan fingerprint density at radius 3 is 2.52 bits per heavy atom. The van der Waals surface area contributed by atoms with Crippen LogP contribution >= 0.6 is 23.2 Å². The summed E-state index contributed by atoms with van der Waals surface area (Å²) in [6.07, 6.45) is 3.36. The quantitative estimate of drug-likeness (QED) is 0.475. The van der Waals surface area contributed by atoms with Crippen molar-refractivity contribution in [1.82, 2.24) is 15.2 Å². The van der Waals surface area contributed by atoms with Crippen LogP contribution in [0.2, 0.25) is 10.0 Å². The van der Waals surface area contributed by atoms with Gasteiger partial charge < -0.3 is 15.2 Å². The second-order valence-electron chi connectivity index (χ2n) is 9.01. The number of likely N-dealkylation sites (tertiary alicyclic amines) is 1. The average molecular weight is 486 g/mol. The number of para-hydroxylation sites is 1. The first-order chi connectivity index (χ1) is 15.8. The van der Waals surface area contributed by atoms with Crippen LogP contribution in [0.3, 0.4) is 0 Å². The van der Waals surface area contributed by atoms with Crippen molar-refractivity contribution in [3.05, 3.63) is 69.8 Å². The normalized spacial score (nSPS) is 15.7. The van der Waals surface area contributed by atoms with E-state index >= 15 is 0 Å². The molecule has 7 heteroatoms. The van der Waals surface area contributed by atoms with Crippen molar-refractivity contribution in [2.24, 2.45) is 11.8 Å². The third kappa shape index (κ3) is 5.20. The van der Waals surface area contributed by atoms with Gasteiger partial charge >= 0.3 is 0 Å². The number of nitrogens with zero attached hydrogens (tertiary/aromatic N) is 1. The number of H-pyrrole nitrogens is 1. The van der Waals surface area contributed by atoms with Gasteiger partial charge in [-0.2, -0.15) is 0 Å². The van der Waals surface area contributed by atoms with E-state index in [1.807, 2.05) is 55.3 Å². The number of hydrogen-bond acceptors (Lipinski definition) is 2. The molecule has 0 saturated carbocycles. The van der Waals surface area contributed by atoms with Crippen LogP contribution in [0, 0.1) is 11.8 Å². The van der Waals surface area contributed by atoms with Crippen LogP contribution in [-0.2, 0) is 9.59 Å². The first-order valence-electron chi connectivity index (χ1n) is 11.4. The van der Waals surface area contributed by atoms with Crippen molar-refractivity contribution in [3.63, 3.8) is 0 Å². The fourth-order valence-electron chi connectivity index (χ4n) is 4.63. The number of fused-ring (bicyclic) bond motifs is 1. The van der Waals surface area contributed by atoms with Crippen molar-refractivity contribution >= 4 is 45.9 Å².